The van der Waals surface area contributed by atoms with Crippen LogP contribution in [0.25, 0.3) is 0 Å². The molecule has 0 aromatic carbocycles. The topological polar surface area (TPSA) is 51.3 Å². The molecule has 1 aliphatic rings. The predicted octanol–water partition coefficient (Wildman–Crippen LogP) is 3.11. The van der Waals surface area contributed by atoms with E-state index in [9.17, 15) is 4.79 Å². The summed E-state index contributed by atoms with van der Waals surface area (Å²) < 4.78 is 7.37. The molecule has 1 fully saturated rings. The molecule has 0 saturated carbocycles. The van der Waals surface area contributed by atoms with Gasteiger partial charge in [-0.2, -0.15) is 5.10 Å². The van der Waals surface area contributed by atoms with Gasteiger partial charge >= 0.3 is 0 Å². The van der Waals surface area contributed by atoms with Gasteiger partial charge in [0.25, 0.3) is 0 Å². The number of rotatable bonds is 5. The molecule has 0 bridgehead atoms. The molecule has 1 amide bonds. The summed E-state index contributed by atoms with van der Waals surface area (Å²) in [6.45, 7) is 5.75. The molecule has 3 heterocycles. The molecule has 5 nitrogen and oxygen atoms in total. The number of aromatic nitrogens is 2. The first-order valence-corrected chi connectivity index (χ1v) is 8.46. The molecular formula is C18H25N3O2. The van der Waals surface area contributed by atoms with E-state index in [2.05, 4.69) is 23.0 Å². The number of carbonyl (C=O) groups excluding carboxylic acids is 1. The van der Waals surface area contributed by atoms with Gasteiger partial charge in [0.05, 0.1) is 24.5 Å². The molecule has 1 aliphatic heterocycles. The minimum absolute atomic E-state index is 0.229. The molecule has 23 heavy (non-hydrogen) atoms. The molecule has 3 rings (SSSR count). The zero-order valence-corrected chi connectivity index (χ0v) is 14.0. The van der Waals surface area contributed by atoms with E-state index >= 15 is 0 Å². The maximum Gasteiger partial charge on any atom is 0.223 e. The van der Waals surface area contributed by atoms with Gasteiger partial charge in [-0.3, -0.25) is 9.48 Å². The predicted molar refractivity (Wildman–Crippen MR) is 88.1 cm³/mol. The number of amides is 1. The molecule has 5 heteroatoms. The fourth-order valence-electron chi connectivity index (χ4n) is 3.41. The van der Waals surface area contributed by atoms with Crippen molar-refractivity contribution in [1.29, 1.82) is 0 Å². The highest BCUT2D eigenvalue weighted by Crippen LogP contribution is 2.21. The summed E-state index contributed by atoms with van der Waals surface area (Å²) in [6, 6.07) is 6.14. The molecule has 0 spiro atoms. The third-order valence-corrected chi connectivity index (χ3v) is 4.60. The van der Waals surface area contributed by atoms with Crippen LogP contribution in [0.4, 0.5) is 0 Å². The van der Waals surface area contributed by atoms with Crippen LogP contribution in [0.5, 0.6) is 0 Å². The van der Waals surface area contributed by atoms with Crippen LogP contribution in [0, 0.1) is 13.8 Å². The van der Waals surface area contributed by atoms with E-state index in [-0.39, 0.29) is 11.9 Å². The number of furan rings is 1. The quantitative estimate of drug-likeness (QED) is 0.852. The second kappa shape index (κ2) is 7.02. The van der Waals surface area contributed by atoms with Crippen molar-refractivity contribution in [2.24, 2.45) is 0 Å². The van der Waals surface area contributed by atoms with Crippen LogP contribution in [-0.4, -0.2) is 33.2 Å². The van der Waals surface area contributed by atoms with E-state index in [1.165, 1.54) is 6.42 Å². The van der Waals surface area contributed by atoms with Gasteiger partial charge < -0.3 is 9.32 Å². The zero-order valence-electron chi connectivity index (χ0n) is 14.0. The Morgan fingerprint density at radius 1 is 1.39 bits per heavy atom. The van der Waals surface area contributed by atoms with E-state index in [0.29, 0.717) is 12.8 Å². The van der Waals surface area contributed by atoms with Crippen LogP contribution in [0.15, 0.2) is 28.9 Å². The lowest BCUT2D eigenvalue weighted by atomic mass is 10.0. The number of likely N-dealkylation sites (tertiary alicyclic amines) is 1. The first-order valence-electron chi connectivity index (χ1n) is 8.46. The molecule has 2 aromatic rings. The van der Waals surface area contributed by atoms with Gasteiger partial charge in [0.15, 0.2) is 0 Å². The average Bonchev–Trinajstić information content (AvgIpc) is 3.15. The van der Waals surface area contributed by atoms with Gasteiger partial charge in [-0.1, -0.05) is 0 Å². The van der Waals surface area contributed by atoms with Crippen molar-refractivity contribution in [3.8, 4) is 0 Å². The van der Waals surface area contributed by atoms with Crippen LogP contribution in [0.2, 0.25) is 0 Å². The van der Waals surface area contributed by atoms with E-state index in [0.717, 1.165) is 43.1 Å². The van der Waals surface area contributed by atoms with Crippen molar-refractivity contribution >= 4 is 5.91 Å². The second-order valence-corrected chi connectivity index (χ2v) is 6.43. The second-order valence-electron chi connectivity index (χ2n) is 6.43. The van der Waals surface area contributed by atoms with Gasteiger partial charge in [0, 0.05) is 25.1 Å². The Hall–Kier alpha value is -2.04. The van der Waals surface area contributed by atoms with Gasteiger partial charge in [0.2, 0.25) is 5.91 Å². The smallest absolute Gasteiger partial charge is 0.223 e. The summed E-state index contributed by atoms with van der Waals surface area (Å²) in [5, 5.41) is 4.55. The Morgan fingerprint density at radius 3 is 2.96 bits per heavy atom. The van der Waals surface area contributed by atoms with Crippen LogP contribution in [0.1, 0.15) is 42.8 Å². The first-order chi connectivity index (χ1) is 11.1. The SMILES string of the molecule is Cc1cc(C)n(CC2CCCCN2C(=O)CCc2ccco2)n1. The highest BCUT2D eigenvalue weighted by atomic mass is 16.3. The number of hydrogen-bond acceptors (Lipinski definition) is 3. The third-order valence-electron chi connectivity index (χ3n) is 4.60. The fourth-order valence-corrected chi connectivity index (χ4v) is 3.41. The Bertz CT molecular complexity index is 645. The van der Waals surface area contributed by atoms with Gasteiger partial charge in [-0.05, 0) is 51.3 Å². The van der Waals surface area contributed by atoms with E-state index in [1.807, 2.05) is 23.7 Å². The molecule has 1 unspecified atom stereocenters. The number of aryl methyl sites for hydroxylation is 3. The van der Waals surface area contributed by atoms with Crippen molar-refractivity contribution < 1.29 is 9.21 Å². The Kier molecular flexibility index (Phi) is 4.84. The first kappa shape index (κ1) is 15.8. The van der Waals surface area contributed by atoms with Crippen LogP contribution >= 0.6 is 0 Å². The summed E-state index contributed by atoms with van der Waals surface area (Å²) >= 11 is 0. The number of piperidine rings is 1. The van der Waals surface area contributed by atoms with Crippen molar-refractivity contribution in [3.63, 3.8) is 0 Å². The fraction of sp³-hybridized carbons (Fsp3) is 0.556. The van der Waals surface area contributed by atoms with Crippen molar-refractivity contribution in [2.45, 2.75) is 58.5 Å². The lowest BCUT2D eigenvalue weighted by Gasteiger charge is -2.36. The van der Waals surface area contributed by atoms with Crippen LogP contribution in [-0.2, 0) is 17.8 Å². The zero-order chi connectivity index (χ0) is 16.2. The van der Waals surface area contributed by atoms with Gasteiger partial charge in [0.1, 0.15) is 5.76 Å². The molecular weight excluding hydrogens is 290 g/mol. The molecule has 124 valence electrons. The molecule has 1 saturated heterocycles. The minimum atomic E-state index is 0.229. The highest BCUT2D eigenvalue weighted by Gasteiger charge is 2.27. The number of hydrogen-bond donors (Lipinski definition) is 0. The van der Waals surface area contributed by atoms with Crippen LogP contribution in [0.3, 0.4) is 0 Å². The van der Waals surface area contributed by atoms with E-state index < -0.39 is 0 Å². The summed E-state index contributed by atoms with van der Waals surface area (Å²) in [6.07, 6.45) is 6.19. The highest BCUT2D eigenvalue weighted by molar-refractivity contribution is 5.76. The third kappa shape index (κ3) is 3.84. The molecule has 2 aromatic heterocycles. The molecule has 0 aliphatic carbocycles. The maximum absolute atomic E-state index is 12.6. The summed E-state index contributed by atoms with van der Waals surface area (Å²) in [4.78, 5) is 14.7. The lowest BCUT2D eigenvalue weighted by Crippen LogP contribution is -2.46. The average molecular weight is 315 g/mol. The number of carbonyl (C=O) groups is 1. The normalized spacial score (nSPS) is 18.3. The summed E-state index contributed by atoms with van der Waals surface area (Å²) in [5.74, 6) is 1.11. The van der Waals surface area contributed by atoms with Crippen molar-refractivity contribution in [1.82, 2.24) is 14.7 Å². The van der Waals surface area contributed by atoms with Crippen LogP contribution < -0.4 is 0 Å². The summed E-state index contributed by atoms with van der Waals surface area (Å²) in [5.41, 5.74) is 2.20. The Balaban J connectivity index is 1.63. The lowest BCUT2D eigenvalue weighted by molar-refractivity contribution is -0.135. The van der Waals surface area contributed by atoms with Gasteiger partial charge in [-0.25, -0.2) is 0 Å². The molecule has 0 N–H and O–H groups in total. The molecule has 1 atom stereocenters. The van der Waals surface area contributed by atoms with Gasteiger partial charge in [-0.15, -0.1) is 0 Å². The Morgan fingerprint density at radius 2 is 2.26 bits per heavy atom. The van der Waals surface area contributed by atoms with Crippen molar-refractivity contribution in [3.05, 3.63) is 41.6 Å². The maximum atomic E-state index is 12.6. The van der Waals surface area contributed by atoms with E-state index in [1.54, 1.807) is 6.26 Å². The van der Waals surface area contributed by atoms with Crippen molar-refractivity contribution in [2.75, 3.05) is 6.54 Å². The minimum Gasteiger partial charge on any atom is -0.469 e. The molecule has 0 radical (unpaired) electrons. The monoisotopic (exact) mass is 315 g/mol. The number of nitrogens with zero attached hydrogens (tertiary/aromatic N) is 3. The largest absolute Gasteiger partial charge is 0.469 e. The Labute approximate surface area is 137 Å². The van der Waals surface area contributed by atoms with E-state index in [4.69, 9.17) is 4.42 Å². The summed E-state index contributed by atoms with van der Waals surface area (Å²) in [7, 11) is 0. The standard InChI is InChI=1S/C18H25N3O2/c1-14-12-15(2)21(19-14)13-16-6-3-4-10-20(16)18(22)9-8-17-7-5-11-23-17/h5,7,11-12,16H,3-4,6,8-10,13H2,1-2H3.